The van der Waals surface area contributed by atoms with Crippen molar-refractivity contribution >= 4 is 0 Å². The van der Waals surface area contributed by atoms with E-state index in [2.05, 4.69) is 6.92 Å². The molecule has 0 aromatic rings. The van der Waals surface area contributed by atoms with E-state index in [-0.39, 0.29) is 6.54 Å². The summed E-state index contributed by atoms with van der Waals surface area (Å²) in [4.78, 5) is 0. The van der Waals surface area contributed by atoms with E-state index in [1.165, 1.54) is 12.8 Å². The van der Waals surface area contributed by atoms with Crippen molar-refractivity contribution in [3.63, 3.8) is 0 Å². The van der Waals surface area contributed by atoms with Crippen LogP contribution in [-0.2, 0) is 14.2 Å². The molecule has 10 atom stereocenters. The second kappa shape index (κ2) is 11.8. The fourth-order valence-electron chi connectivity index (χ4n) is 4.03. The van der Waals surface area contributed by atoms with Crippen molar-refractivity contribution in [2.75, 3.05) is 13.2 Å². The number of hydrogen-bond donors (Lipinski definition) is 7. The zero-order valence-corrected chi connectivity index (χ0v) is 17.3. The number of nitrogens with two attached hydrogens (primary N) is 4. The molecule has 1 heterocycles. The van der Waals surface area contributed by atoms with Gasteiger partial charge in [0.25, 0.3) is 0 Å². The van der Waals surface area contributed by atoms with Gasteiger partial charge in [-0.25, -0.2) is 0 Å². The first kappa shape index (κ1) is 24.9. The summed E-state index contributed by atoms with van der Waals surface area (Å²) in [5.74, 6) is 0. The van der Waals surface area contributed by atoms with Crippen molar-refractivity contribution in [2.45, 2.75) is 106 Å². The number of unbranched alkanes of at least 4 members (excludes halogenated alkanes) is 4. The van der Waals surface area contributed by atoms with Crippen LogP contribution < -0.4 is 22.9 Å². The third-order valence-electron chi connectivity index (χ3n) is 5.89. The van der Waals surface area contributed by atoms with Crippen molar-refractivity contribution < 1.29 is 29.5 Å². The van der Waals surface area contributed by atoms with E-state index in [1.54, 1.807) is 0 Å². The van der Waals surface area contributed by atoms with Crippen LogP contribution in [0.2, 0.25) is 0 Å². The molecular weight excluding hydrogens is 380 g/mol. The molecule has 0 bridgehead atoms. The summed E-state index contributed by atoms with van der Waals surface area (Å²) in [6, 6.07) is -1.98. The van der Waals surface area contributed by atoms with Gasteiger partial charge in [-0.05, 0) is 12.8 Å². The van der Waals surface area contributed by atoms with E-state index in [9.17, 15) is 15.3 Å². The minimum absolute atomic E-state index is 0.0152. The summed E-state index contributed by atoms with van der Waals surface area (Å²) in [6.07, 6.45) is -1.02. The van der Waals surface area contributed by atoms with Crippen LogP contribution in [-0.4, -0.2) is 89.5 Å². The maximum Gasteiger partial charge on any atom is 0.176 e. The average molecular weight is 421 g/mol. The number of hydrogen-bond acceptors (Lipinski definition) is 10. The Hall–Kier alpha value is -0.400. The lowest BCUT2D eigenvalue weighted by atomic mass is 9.84. The van der Waals surface area contributed by atoms with Crippen LogP contribution >= 0.6 is 0 Å². The summed E-state index contributed by atoms with van der Waals surface area (Å²) in [6.45, 7) is 2.65. The third kappa shape index (κ3) is 6.30. The molecule has 10 heteroatoms. The molecule has 1 saturated heterocycles. The Labute approximate surface area is 172 Å². The Kier molecular flexibility index (Phi) is 10.2. The smallest absolute Gasteiger partial charge is 0.176 e. The fraction of sp³-hybridized carbons (Fsp3) is 1.00. The van der Waals surface area contributed by atoms with Crippen LogP contribution in [0.4, 0.5) is 0 Å². The lowest BCUT2D eigenvalue weighted by molar-refractivity contribution is -0.289. The summed E-state index contributed by atoms with van der Waals surface area (Å²) in [7, 11) is 0. The average Bonchev–Trinajstić information content (AvgIpc) is 2.69. The lowest BCUT2D eigenvalue weighted by Crippen LogP contribution is -2.67. The normalized spacial score (nSPS) is 43.4. The topological polar surface area (TPSA) is 192 Å². The molecule has 0 radical (unpaired) electrons. The Morgan fingerprint density at radius 1 is 0.897 bits per heavy atom. The van der Waals surface area contributed by atoms with Gasteiger partial charge in [-0.3, -0.25) is 0 Å². The van der Waals surface area contributed by atoms with Gasteiger partial charge < -0.3 is 52.5 Å². The summed E-state index contributed by atoms with van der Waals surface area (Å²) in [5, 5.41) is 31.0. The first-order chi connectivity index (χ1) is 13.8. The molecule has 0 amide bonds. The highest BCUT2D eigenvalue weighted by Crippen LogP contribution is 2.28. The van der Waals surface area contributed by atoms with Crippen LogP contribution in [0.5, 0.6) is 0 Å². The van der Waals surface area contributed by atoms with Gasteiger partial charge in [-0.2, -0.15) is 0 Å². The summed E-state index contributed by atoms with van der Waals surface area (Å²) >= 11 is 0. The Bertz CT molecular complexity index is 474. The molecule has 0 unspecified atom stereocenters. The summed E-state index contributed by atoms with van der Waals surface area (Å²) < 4.78 is 17.4. The second-order valence-corrected chi connectivity index (χ2v) is 8.24. The molecule has 0 spiro atoms. The van der Waals surface area contributed by atoms with E-state index in [0.717, 1.165) is 19.3 Å². The van der Waals surface area contributed by atoms with Gasteiger partial charge in [0.2, 0.25) is 0 Å². The molecule has 172 valence electrons. The number of rotatable bonds is 10. The third-order valence-corrected chi connectivity index (χ3v) is 5.89. The molecule has 10 nitrogen and oxygen atoms in total. The molecule has 29 heavy (non-hydrogen) atoms. The van der Waals surface area contributed by atoms with Gasteiger partial charge in [-0.1, -0.05) is 32.6 Å². The molecule has 1 saturated carbocycles. The molecular formula is C19H40N4O6. The quantitative estimate of drug-likeness (QED) is 0.192. The van der Waals surface area contributed by atoms with Crippen LogP contribution in [0.3, 0.4) is 0 Å². The lowest BCUT2D eigenvalue weighted by Gasteiger charge is -2.46. The molecule has 11 N–H and O–H groups in total. The monoisotopic (exact) mass is 420 g/mol. The van der Waals surface area contributed by atoms with E-state index >= 15 is 0 Å². The fourth-order valence-corrected chi connectivity index (χ4v) is 4.03. The van der Waals surface area contributed by atoms with Crippen molar-refractivity contribution in [1.82, 2.24) is 0 Å². The maximum atomic E-state index is 10.8. The van der Waals surface area contributed by atoms with Gasteiger partial charge >= 0.3 is 0 Å². The Balaban J connectivity index is 1.94. The highest BCUT2D eigenvalue weighted by molar-refractivity contribution is 5.00. The van der Waals surface area contributed by atoms with E-state index in [4.69, 9.17) is 37.1 Å². The second-order valence-electron chi connectivity index (χ2n) is 8.24. The highest BCUT2D eigenvalue weighted by Gasteiger charge is 2.48. The summed E-state index contributed by atoms with van der Waals surface area (Å²) in [5.41, 5.74) is 23.9. The van der Waals surface area contributed by atoms with Crippen molar-refractivity contribution in [3.8, 4) is 0 Å². The molecule has 0 aromatic heterocycles. The maximum absolute atomic E-state index is 10.8. The molecule has 1 aliphatic heterocycles. The Morgan fingerprint density at radius 3 is 2.21 bits per heavy atom. The van der Waals surface area contributed by atoms with Gasteiger partial charge in [-0.15, -0.1) is 0 Å². The number of aliphatic hydroxyl groups is 3. The molecule has 1 aliphatic carbocycles. The number of ether oxygens (including phenoxy) is 3. The SMILES string of the molecule is CCCCCCCO[C@@H]1[C@@H](O)[C@H](O[C@H]2O[C@H](CN)[C@@H](O)[C@H](O)[C@H]2N)[C@@H](N)C[C@H]1N. The number of aliphatic hydroxyl groups excluding tert-OH is 3. The predicted molar refractivity (Wildman–Crippen MR) is 108 cm³/mol. The van der Waals surface area contributed by atoms with Crippen LogP contribution in [0, 0.1) is 0 Å². The van der Waals surface area contributed by atoms with Crippen molar-refractivity contribution in [1.29, 1.82) is 0 Å². The zero-order chi connectivity index (χ0) is 21.6. The van der Waals surface area contributed by atoms with E-state index in [1.807, 2.05) is 0 Å². The van der Waals surface area contributed by atoms with Gasteiger partial charge in [0.05, 0.1) is 6.04 Å². The first-order valence-corrected chi connectivity index (χ1v) is 10.7. The zero-order valence-electron chi connectivity index (χ0n) is 17.3. The molecule has 2 aliphatic rings. The van der Waals surface area contributed by atoms with Gasteiger partial charge in [0.15, 0.2) is 6.29 Å². The van der Waals surface area contributed by atoms with Crippen LogP contribution in [0.25, 0.3) is 0 Å². The van der Waals surface area contributed by atoms with E-state index < -0.39 is 61.0 Å². The van der Waals surface area contributed by atoms with Gasteiger partial charge in [0.1, 0.15) is 36.6 Å². The molecule has 2 rings (SSSR count). The van der Waals surface area contributed by atoms with Crippen LogP contribution in [0.1, 0.15) is 45.4 Å². The van der Waals surface area contributed by atoms with Gasteiger partial charge in [0, 0.05) is 25.2 Å². The molecule has 0 aromatic carbocycles. The predicted octanol–water partition coefficient (Wildman–Crippen LogP) is -2.12. The molecule has 2 fully saturated rings. The first-order valence-electron chi connectivity index (χ1n) is 10.7. The van der Waals surface area contributed by atoms with Crippen molar-refractivity contribution in [2.24, 2.45) is 22.9 Å². The minimum Gasteiger partial charge on any atom is -0.388 e. The van der Waals surface area contributed by atoms with E-state index in [0.29, 0.717) is 13.0 Å². The van der Waals surface area contributed by atoms with Crippen molar-refractivity contribution in [3.05, 3.63) is 0 Å². The van der Waals surface area contributed by atoms with Crippen LogP contribution in [0.15, 0.2) is 0 Å². The largest absolute Gasteiger partial charge is 0.388 e. The highest BCUT2D eigenvalue weighted by atomic mass is 16.7. The minimum atomic E-state index is -1.27. The standard InChI is InChI=1S/C19H40N4O6/c1-2-3-4-5-6-7-27-17-10(21)8-11(22)18(16(17)26)29-19-13(23)15(25)14(24)12(9-20)28-19/h10-19,24-26H,2-9,20-23H2,1H3/t10-,11+,12-,13-,14-,15-,16-,17+,18-,19-/m1/s1. The Morgan fingerprint density at radius 2 is 1.55 bits per heavy atom.